The van der Waals surface area contributed by atoms with E-state index in [2.05, 4.69) is 27.0 Å². The number of hydrogen-bond donors (Lipinski definition) is 1. The van der Waals surface area contributed by atoms with Crippen LogP contribution in [0.5, 0.6) is 0 Å². The zero-order valence-corrected chi connectivity index (χ0v) is 26.8. The number of nitrogens with zero attached hydrogens (tertiary/aromatic N) is 3. The third kappa shape index (κ3) is 5.51. The van der Waals surface area contributed by atoms with E-state index in [1.54, 1.807) is 33.7 Å². The predicted molar refractivity (Wildman–Crippen MR) is 177 cm³/mol. The molecule has 3 heterocycles. The zero-order chi connectivity index (χ0) is 31.5. The average Bonchev–Trinajstić information content (AvgIpc) is 3.61. The Morgan fingerprint density at radius 3 is 2.32 bits per heavy atom. The van der Waals surface area contributed by atoms with Crippen LogP contribution in [-0.2, 0) is 20.8 Å². The van der Waals surface area contributed by atoms with Gasteiger partial charge in [-0.15, -0.1) is 24.9 Å². The highest BCUT2D eigenvalue weighted by atomic mass is 32.2. The third-order valence-electron chi connectivity index (χ3n) is 9.72. The highest BCUT2D eigenvalue weighted by Crippen LogP contribution is 2.72. The SMILES string of the molecule is C=CCN(CCCC)C(=O)C1N([C@@H](CO)Cc2ccccc2)C(=O)[C@@H]2[C@@H](C(=O)N(CC=C)c3ccccc3)[C@@]3(C)CCC12S3. The number of amides is 3. The lowest BCUT2D eigenvalue weighted by Gasteiger charge is -2.39. The second-order valence-electron chi connectivity index (χ2n) is 12.5. The molecule has 2 aromatic carbocycles. The number of hydrogen-bond acceptors (Lipinski definition) is 5. The van der Waals surface area contributed by atoms with Crippen LogP contribution in [0.1, 0.15) is 45.1 Å². The largest absolute Gasteiger partial charge is 0.394 e. The number of fused-ring (bicyclic) bond motifs is 1. The predicted octanol–water partition coefficient (Wildman–Crippen LogP) is 5.11. The van der Waals surface area contributed by atoms with Gasteiger partial charge in [-0.25, -0.2) is 0 Å². The zero-order valence-electron chi connectivity index (χ0n) is 25.9. The second-order valence-corrected chi connectivity index (χ2v) is 14.4. The van der Waals surface area contributed by atoms with Crippen LogP contribution in [-0.4, -0.2) is 80.4 Å². The van der Waals surface area contributed by atoms with Crippen molar-refractivity contribution < 1.29 is 19.5 Å². The molecule has 234 valence electrons. The van der Waals surface area contributed by atoms with Gasteiger partial charge in [-0.3, -0.25) is 14.4 Å². The first-order valence-electron chi connectivity index (χ1n) is 15.8. The minimum atomic E-state index is -0.785. The topological polar surface area (TPSA) is 81.2 Å². The van der Waals surface area contributed by atoms with Gasteiger partial charge in [0, 0.05) is 30.1 Å². The van der Waals surface area contributed by atoms with Crippen LogP contribution in [0.4, 0.5) is 5.69 Å². The lowest BCUT2D eigenvalue weighted by molar-refractivity contribution is -0.145. The summed E-state index contributed by atoms with van der Waals surface area (Å²) in [6.07, 6.45) is 7.01. The van der Waals surface area contributed by atoms with Crippen molar-refractivity contribution in [1.29, 1.82) is 0 Å². The third-order valence-corrected chi connectivity index (χ3v) is 11.7. The molecule has 3 amide bonds. The molecule has 2 unspecified atom stereocenters. The highest BCUT2D eigenvalue weighted by Gasteiger charge is 2.78. The first-order chi connectivity index (χ1) is 21.3. The van der Waals surface area contributed by atoms with E-state index in [1.165, 1.54) is 0 Å². The maximum atomic E-state index is 14.9. The van der Waals surface area contributed by atoms with Gasteiger partial charge in [0.25, 0.3) is 0 Å². The number of thioether (sulfide) groups is 1. The Kier molecular flexibility index (Phi) is 9.71. The first kappa shape index (κ1) is 32.0. The van der Waals surface area contributed by atoms with Crippen molar-refractivity contribution in [2.75, 3.05) is 31.1 Å². The Morgan fingerprint density at radius 2 is 1.70 bits per heavy atom. The molecule has 0 aliphatic carbocycles. The smallest absolute Gasteiger partial charge is 0.247 e. The molecule has 0 radical (unpaired) electrons. The summed E-state index contributed by atoms with van der Waals surface area (Å²) >= 11 is 1.67. The molecule has 3 fully saturated rings. The van der Waals surface area contributed by atoms with Gasteiger partial charge in [-0.2, -0.15) is 0 Å². The maximum absolute atomic E-state index is 14.9. The van der Waals surface area contributed by atoms with E-state index in [0.717, 1.165) is 30.5 Å². The van der Waals surface area contributed by atoms with E-state index >= 15 is 0 Å². The van der Waals surface area contributed by atoms with Crippen LogP contribution in [0.3, 0.4) is 0 Å². The molecule has 3 aliphatic heterocycles. The summed E-state index contributed by atoms with van der Waals surface area (Å²) in [7, 11) is 0. The van der Waals surface area contributed by atoms with Crippen LogP contribution in [0, 0.1) is 11.8 Å². The molecule has 3 aliphatic rings. The van der Waals surface area contributed by atoms with Gasteiger partial charge in [0.15, 0.2) is 0 Å². The molecular weight excluding hydrogens is 570 g/mol. The van der Waals surface area contributed by atoms with Crippen molar-refractivity contribution in [3.05, 3.63) is 91.5 Å². The lowest BCUT2D eigenvalue weighted by atomic mass is 9.66. The molecule has 0 aromatic heterocycles. The summed E-state index contributed by atoms with van der Waals surface area (Å²) in [6.45, 7) is 13.0. The van der Waals surface area contributed by atoms with E-state index < -0.39 is 33.4 Å². The number of aliphatic hydroxyl groups is 1. The van der Waals surface area contributed by atoms with Crippen molar-refractivity contribution in [2.24, 2.45) is 11.8 Å². The molecule has 0 saturated carbocycles. The minimum Gasteiger partial charge on any atom is -0.394 e. The molecule has 2 aromatic rings. The van der Waals surface area contributed by atoms with Crippen molar-refractivity contribution in [3.63, 3.8) is 0 Å². The first-order valence-corrected chi connectivity index (χ1v) is 16.6. The quantitative estimate of drug-likeness (QED) is 0.299. The fraction of sp³-hybridized carbons (Fsp3) is 0.472. The Hall–Kier alpha value is -3.36. The van der Waals surface area contributed by atoms with Crippen LogP contribution >= 0.6 is 11.8 Å². The van der Waals surface area contributed by atoms with Gasteiger partial charge < -0.3 is 19.8 Å². The van der Waals surface area contributed by atoms with Gasteiger partial charge in [0.1, 0.15) is 6.04 Å². The van der Waals surface area contributed by atoms with Crippen molar-refractivity contribution in [2.45, 2.75) is 67.5 Å². The number of carbonyl (C=O) groups excluding carboxylic acids is 3. The summed E-state index contributed by atoms with van der Waals surface area (Å²) in [5.41, 5.74) is 1.73. The molecule has 6 atom stereocenters. The molecule has 7 nitrogen and oxygen atoms in total. The molecular formula is C36H45N3O4S. The lowest BCUT2D eigenvalue weighted by Crippen LogP contribution is -2.58. The van der Waals surface area contributed by atoms with Crippen LogP contribution in [0.25, 0.3) is 0 Å². The Balaban J connectivity index is 1.61. The monoisotopic (exact) mass is 615 g/mol. The van der Waals surface area contributed by atoms with Gasteiger partial charge in [0.05, 0.1) is 29.2 Å². The summed E-state index contributed by atoms with van der Waals surface area (Å²) in [6, 6.07) is 17.9. The van der Waals surface area contributed by atoms with Gasteiger partial charge in [0.2, 0.25) is 17.7 Å². The molecule has 8 heteroatoms. The van der Waals surface area contributed by atoms with Crippen LogP contribution in [0.2, 0.25) is 0 Å². The Morgan fingerprint density at radius 1 is 1.05 bits per heavy atom. The number of unbranched alkanes of at least 4 members (excludes halogenated alkanes) is 1. The molecule has 44 heavy (non-hydrogen) atoms. The number of para-hydroxylation sites is 1. The number of rotatable bonds is 14. The van der Waals surface area contributed by atoms with Crippen molar-refractivity contribution in [1.82, 2.24) is 9.80 Å². The number of carbonyl (C=O) groups is 3. The maximum Gasteiger partial charge on any atom is 0.247 e. The van der Waals surface area contributed by atoms with Gasteiger partial charge in [-0.05, 0) is 50.3 Å². The molecule has 2 bridgehead atoms. The highest BCUT2D eigenvalue weighted by molar-refractivity contribution is 8.02. The summed E-state index contributed by atoms with van der Waals surface area (Å²) < 4.78 is -1.27. The van der Waals surface area contributed by atoms with E-state index in [0.29, 0.717) is 32.5 Å². The average molecular weight is 616 g/mol. The minimum absolute atomic E-state index is 0.114. The number of benzene rings is 2. The standard InChI is InChI=1S/C36H45N3O4S/c1-5-8-23-37(21-6-2)34(43)31-36-20-19-35(4,44-36)29(32(41)38(22-7-3)27-17-13-10-14-18-27)30(36)33(42)39(31)28(25-40)24-26-15-11-9-12-16-26/h6-7,9-18,28-31,40H,2-3,5,8,19-25H2,1,4H3/t28-,29+,30+,31?,35-,36?/m1/s1. The number of anilines is 1. The molecule has 1 N–H and O–H groups in total. The van der Waals surface area contributed by atoms with Crippen LogP contribution < -0.4 is 4.90 Å². The molecule has 1 spiro atoms. The van der Waals surface area contributed by atoms with Crippen LogP contribution in [0.15, 0.2) is 86.0 Å². The van der Waals surface area contributed by atoms with E-state index in [-0.39, 0.29) is 24.3 Å². The van der Waals surface area contributed by atoms with Gasteiger partial charge in [-0.1, -0.05) is 74.0 Å². The summed E-state index contributed by atoms with van der Waals surface area (Å²) in [4.78, 5) is 49.4. The summed E-state index contributed by atoms with van der Waals surface area (Å²) in [5, 5.41) is 10.8. The van der Waals surface area contributed by atoms with E-state index in [4.69, 9.17) is 0 Å². The number of likely N-dealkylation sites (tertiary alicyclic amines) is 1. The van der Waals surface area contributed by atoms with Gasteiger partial charge >= 0.3 is 0 Å². The fourth-order valence-corrected chi connectivity index (χ4v) is 10.1. The normalized spacial score (nSPS) is 27.6. The number of aliphatic hydroxyl groups excluding tert-OH is 1. The second kappa shape index (κ2) is 13.3. The molecule has 5 rings (SSSR count). The summed E-state index contributed by atoms with van der Waals surface area (Å²) in [5.74, 6) is -1.72. The van der Waals surface area contributed by atoms with E-state index in [9.17, 15) is 19.5 Å². The Bertz CT molecular complexity index is 1370. The van der Waals surface area contributed by atoms with E-state index in [1.807, 2.05) is 65.6 Å². The molecule has 3 saturated heterocycles. The van der Waals surface area contributed by atoms with Crippen molar-refractivity contribution >= 4 is 35.2 Å². The fourth-order valence-electron chi connectivity index (χ4n) is 7.75. The Labute approximate surface area is 266 Å². The van der Waals surface area contributed by atoms with Crippen molar-refractivity contribution in [3.8, 4) is 0 Å².